The molecule has 1 aromatic carbocycles. The molecule has 1 saturated heterocycles. The number of hydrogen-bond acceptors (Lipinski definition) is 5. The van der Waals surface area contributed by atoms with Crippen LogP contribution in [0.1, 0.15) is 21.7 Å². The van der Waals surface area contributed by atoms with E-state index in [0.717, 1.165) is 5.56 Å². The Bertz CT molecular complexity index is 750. The van der Waals surface area contributed by atoms with Gasteiger partial charge in [-0.25, -0.2) is 9.99 Å². The fourth-order valence-electron chi connectivity index (χ4n) is 3.38. The minimum absolute atomic E-state index is 0.128. The van der Waals surface area contributed by atoms with E-state index in [1.807, 2.05) is 24.3 Å². The molecule has 1 amide bonds. The lowest BCUT2D eigenvalue weighted by Gasteiger charge is -2.45. The Kier molecular flexibility index (Phi) is 2.94. The van der Waals surface area contributed by atoms with Gasteiger partial charge >= 0.3 is 0 Å². The highest BCUT2D eigenvalue weighted by molar-refractivity contribution is 6.30. The van der Waals surface area contributed by atoms with Crippen molar-refractivity contribution in [1.29, 1.82) is 0 Å². The van der Waals surface area contributed by atoms with Crippen molar-refractivity contribution in [2.24, 2.45) is 5.84 Å². The van der Waals surface area contributed by atoms with Crippen LogP contribution < -0.4 is 5.84 Å². The fraction of sp³-hybridized carbons (Fsp3) is 0.267. The number of nitrogens with zero attached hydrogens (tertiary/aromatic N) is 4. The Balaban J connectivity index is 1.92. The SMILES string of the molecule is NN1CCN2C(=O)c3nccnc3CC12c1ccc(Cl)cc1. The number of nitrogens with two attached hydrogens (primary N) is 1. The molecule has 1 unspecified atom stereocenters. The second-order valence-corrected chi connectivity index (χ2v) is 5.94. The molecular formula is C15H14ClN5O. The van der Waals surface area contributed by atoms with E-state index in [1.165, 1.54) is 0 Å². The number of rotatable bonds is 1. The number of aromatic nitrogens is 2. The average molecular weight is 316 g/mol. The summed E-state index contributed by atoms with van der Waals surface area (Å²) in [6.07, 6.45) is 3.66. The third kappa shape index (κ3) is 1.71. The van der Waals surface area contributed by atoms with Crippen LogP contribution in [0.15, 0.2) is 36.7 Å². The zero-order chi connectivity index (χ0) is 15.3. The van der Waals surface area contributed by atoms with Gasteiger partial charge in [0.25, 0.3) is 5.91 Å². The summed E-state index contributed by atoms with van der Waals surface area (Å²) in [6, 6.07) is 7.45. The standard InChI is InChI=1S/C15H14ClN5O/c16-11-3-1-10(2-4-11)15-9-12-13(19-6-5-18-12)14(22)20(15)7-8-21(15)17/h1-6H,7-9,17H2. The van der Waals surface area contributed by atoms with Crippen molar-refractivity contribution in [2.75, 3.05) is 13.1 Å². The number of halogens is 1. The minimum atomic E-state index is -0.718. The van der Waals surface area contributed by atoms with Crippen LogP contribution in [-0.4, -0.2) is 38.9 Å². The molecule has 2 N–H and O–H groups in total. The van der Waals surface area contributed by atoms with Crippen LogP contribution in [0.3, 0.4) is 0 Å². The lowest BCUT2D eigenvalue weighted by molar-refractivity contribution is 0.00270. The highest BCUT2D eigenvalue weighted by Gasteiger charge is 2.54. The van der Waals surface area contributed by atoms with E-state index in [0.29, 0.717) is 35.9 Å². The molecular weight excluding hydrogens is 302 g/mol. The molecule has 1 fully saturated rings. The normalized spacial score (nSPS) is 24.3. The smallest absolute Gasteiger partial charge is 0.276 e. The van der Waals surface area contributed by atoms with E-state index in [1.54, 1.807) is 22.3 Å². The number of fused-ring (bicyclic) bond motifs is 2. The van der Waals surface area contributed by atoms with E-state index < -0.39 is 5.66 Å². The van der Waals surface area contributed by atoms with Crippen LogP contribution in [0.2, 0.25) is 5.02 Å². The van der Waals surface area contributed by atoms with Crippen molar-refractivity contribution in [1.82, 2.24) is 19.9 Å². The van der Waals surface area contributed by atoms with Gasteiger partial charge < -0.3 is 4.90 Å². The maximum atomic E-state index is 12.8. The summed E-state index contributed by atoms with van der Waals surface area (Å²) >= 11 is 5.99. The number of hydrogen-bond donors (Lipinski definition) is 1. The Morgan fingerprint density at radius 2 is 1.86 bits per heavy atom. The molecule has 0 bridgehead atoms. The minimum Gasteiger partial charge on any atom is -0.312 e. The first-order valence-corrected chi connectivity index (χ1v) is 7.41. The second kappa shape index (κ2) is 4.74. The molecule has 4 rings (SSSR count). The van der Waals surface area contributed by atoms with Gasteiger partial charge in [0.2, 0.25) is 0 Å². The van der Waals surface area contributed by atoms with Crippen LogP contribution in [0.4, 0.5) is 0 Å². The molecule has 0 saturated carbocycles. The van der Waals surface area contributed by atoms with Gasteiger partial charge in [0, 0.05) is 36.9 Å². The van der Waals surface area contributed by atoms with Gasteiger partial charge in [-0.1, -0.05) is 23.7 Å². The molecule has 7 heteroatoms. The predicted octanol–water partition coefficient (Wildman–Crippen LogP) is 1.17. The van der Waals surface area contributed by atoms with Crippen LogP contribution in [0.5, 0.6) is 0 Å². The van der Waals surface area contributed by atoms with Gasteiger partial charge in [0.15, 0.2) is 0 Å². The second-order valence-electron chi connectivity index (χ2n) is 5.50. The molecule has 0 spiro atoms. The number of hydrazine groups is 1. The van der Waals surface area contributed by atoms with E-state index in [2.05, 4.69) is 9.97 Å². The van der Waals surface area contributed by atoms with Crippen molar-refractivity contribution in [3.05, 3.63) is 58.6 Å². The average Bonchev–Trinajstić information content (AvgIpc) is 2.87. The first-order chi connectivity index (χ1) is 10.6. The molecule has 0 radical (unpaired) electrons. The molecule has 2 aliphatic rings. The molecule has 2 aromatic rings. The number of amides is 1. The van der Waals surface area contributed by atoms with Gasteiger partial charge in [-0.3, -0.25) is 15.6 Å². The van der Waals surface area contributed by atoms with E-state index in [4.69, 9.17) is 17.4 Å². The van der Waals surface area contributed by atoms with Gasteiger partial charge in [0.05, 0.1) is 5.69 Å². The van der Waals surface area contributed by atoms with Crippen molar-refractivity contribution in [2.45, 2.75) is 12.1 Å². The molecule has 2 aliphatic heterocycles. The van der Waals surface area contributed by atoms with E-state index in [9.17, 15) is 4.79 Å². The summed E-state index contributed by atoms with van der Waals surface area (Å²) < 4.78 is 0. The molecule has 112 valence electrons. The van der Waals surface area contributed by atoms with Gasteiger partial charge in [-0.05, 0) is 17.7 Å². The number of carbonyl (C=O) groups is 1. The van der Waals surface area contributed by atoms with Gasteiger partial charge in [-0.15, -0.1) is 0 Å². The zero-order valence-electron chi connectivity index (χ0n) is 11.7. The Hall–Kier alpha value is -2.02. The van der Waals surface area contributed by atoms with Crippen molar-refractivity contribution in [3.8, 4) is 0 Å². The fourth-order valence-corrected chi connectivity index (χ4v) is 3.50. The van der Waals surface area contributed by atoms with E-state index >= 15 is 0 Å². The Labute approximate surface area is 132 Å². The molecule has 22 heavy (non-hydrogen) atoms. The maximum Gasteiger partial charge on any atom is 0.276 e. The van der Waals surface area contributed by atoms with E-state index in [-0.39, 0.29) is 5.91 Å². The highest BCUT2D eigenvalue weighted by atomic mass is 35.5. The van der Waals surface area contributed by atoms with Crippen LogP contribution in [0.25, 0.3) is 0 Å². The molecule has 6 nitrogen and oxygen atoms in total. The first-order valence-electron chi connectivity index (χ1n) is 7.03. The maximum absolute atomic E-state index is 12.8. The Morgan fingerprint density at radius 1 is 1.14 bits per heavy atom. The zero-order valence-corrected chi connectivity index (χ0v) is 12.5. The van der Waals surface area contributed by atoms with Crippen LogP contribution in [0, 0.1) is 0 Å². The molecule has 1 aromatic heterocycles. The quantitative estimate of drug-likeness (QED) is 0.800. The first kappa shape index (κ1) is 13.6. The summed E-state index contributed by atoms with van der Waals surface area (Å²) in [5.74, 6) is 6.14. The van der Waals surface area contributed by atoms with Crippen molar-refractivity contribution in [3.63, 3.8) is 0 Å². The summed E-state index contributed by atoms with van der Waals surface area (Å²) in [6.45, 7) is 1.16. The van der Waals surface area contributed by atoms with Crippen LogP contribution in [-0.2, 0) is 12.1 Å². The predicted molar refractivity (Wildman–Crippen MR) is 80.8 cm³/mol. The third-order valence-corrected chi connectivity index (χ3v) is 4.68. The molecule has 1 atom stereocenters. The van der Waals surface area contributed by atoms with Gasteiger partial charge in [-0.2, -0.15) is 0 Å². The van der Waals surface area contributed by atoms with Crippen molar-refractivity contribution >= 4 is 17.5 Å². The lowest BCUT2D eigenvalue weighted by Crippen LogP contribution is -2.59. The Morgan fingerprint density at radius 3 is 2.64 bits per heavy atom. The summed E-state index contributed by atoms with van der Waals surface area (Å²) in [5.41, 5.74) is 1.31. The molecule has 0 aliphatic carbocycles. The van der Waals surface area contributed by atoms with Crippen LogP contribution >= 0.6 is 11.6 Å². The summed E-state index contributed by atoms with van der Waals surface area (Å²) in [7, 11) is 0. The summed E-state index contributed by atoms with van der Waals surface area (Å²) in [4.78, 5) is 23.1. The summed E-state index contributed by atoms with van der Waals surface area (Å²) in [5, 5.41) is 2.36. The largest absolute Gasteiger partial charge is 0.312 e. The number of carbonyl (C=O) groups excluding carboxylic acids is 1. The van der Waals surface area contributed by atoms with Gasteiger partial charge in [0.1, 0.15) is 11.4 Å². The number of benzene rings is 1. The monoisotopic (exact) mass is 315 g/mol. The van der Waals surface area contributed by atoms with Crippen molar-refractivity contribution < 1.29 is 4.79 Å². The topological polar surface area (TPSA) is 75.3 Å². The lowest BCUT2D eigenvalue weighted by atomic mass is 9.88. The highest BCUT2D eigenvalue weighted by Crippen LogP contribution is 2.42. The third-order valence-electron chi connectivity index (χ3n) is 4.43. The molecule has 3 heterocycles.